The third-order valence-electron chi connectivity index (χ3n) is 4.13. The summed E-state index contributed by atoms with van der Waals surface area (Å²) >= 11 is 0. The van der Waals surface area contributed by atoms with Gasteiger partial charge in [0.05, 0.1) is 26.5 Å². The van der Waals surface area contributed by atoms with Gasteiger partial charge < -0.3 is 24.4 Å². The van der Waals surface area contributed by atoms with Crippen LogP contribution < -0.4 is 19.5 Å². The van der Waals surface area contributed by atoms with Crippen molar-refractivity contribution in [2.75, 3.05) is 32.6 Å². The van der Waals surface area contributed by atoms with Crippen molar-refractivity contribution in [3.05, 3.63) is 36.7 Å². The van der Waals surface area contributed by atoms with Gasteiger partial charge in [0.15, 0.2) is 0 Å². The monoisotopic (exact) mass is 358 g/mol. The van der Waals surface area contributed by atoms with Gasteiger partial charge in [0.25, 0.3) is 0 Å². The van der Waals surface area contributed by atoms with Gasteiger partial charge >= 0.3 is 12.0 Å². The largest absolute Gasteiger partial charge is 0.497 e. The van der Waals surface area contributed by atoms with Crippen LogP contribution in [0.3, 0.4) is 0 Å². The van der Waals surface area contributed by atoms with Crippen molar-refractivity contribution >= 4 is 11.7 Å². The molecule has 2 amide bonds. The highest BCUT2D eigenvalue weighted by Crippen LogP contribution is 2.29. The molecule has 26 heavy (non-hydrogen) atoms. The minimum atomic E-state index is -0.198. The fourth-order valence-corrected chi connectivity index (χ4v) is 2.81. The first kappa shape index (κ1) is 17.8. The van der Waals surface area contributed by atoms with Crippen molar-refractivity contribution in [3.8, 4) is 17.5 Å². The number of piperidine rings is 1. The van der Waals surface area contributed by atoms with Gasteiger partial charge in [-0.25, -0.2) is 14.8 Å². The molecule has 0 bridgehead atoms. The minimum Gasteiger partial charge on any atom is -0.497 e. The number of benzene rings is 1. The average molecular weight is 358 g/mol. The molecular formula is C18H22N4O4. The van der Waals surface area contributed by atoms with E-state index in [-0.39, 0.29) is 12.1 Å². The fraction of sp³-hybridized carbons (Fsp3) is 0.389. The predicted octanol–water partition coefficient (Wildman–Crippen LogP) is 2.57. The molecule has 1 aliphatic heterocycles. The Balaban J connectivity index is 1.62. The zero-order chi connectivity index (χ0) is 18.4. The van der Waals surface area contributed by atoms with E-state index >= 15 is 0 Å². The maximum Gasteiger partial charge on any atom is 0.322 e. The number of ether oxygens (including phenoxy) is 3. The Labute approximate surface area is 152 Å². The number of amides is 2. The summed E-state index contributed by atoms with van der Waals surface area (Å²) in [6.45, 7) is 1.14. The number of nitrogens with one attached hydrogen (secondary N) is 1. The first-order valence-corrected chi connectivity index (χ1v) is 8.41. The number of anilines is 1. The highest BCUT2D eigenvalue weighted by molar-refractivity contribution is 5.91. The molecule has 8 nitrogen and oxygen atoms in total. The Morgan fingerprint density at radius 1 is 1.23 bits per heavy atom. The molecule has 0 aliphatic carbocycles. The third-order valence-corrected chi connectivity index (χ3v) is 4.13. The van der Waals surface area contributed by atoms with Crippen LogP contribution in [0.15, 0.2) is 36.7 Å². The number of hydrogen-bond donors (Lipinski definition) is 1. The number of nitrogens with zero attached hydrogens (tertiary/aromatic N) is 3. The molecule has 0 spiro atoms. The zero-order valence-electron chi connectivity index (χ0n) is 14.8. The molecule has 8 heteroatoms. The van der Waals surface area contributed by atoms with Crippen LogP contribution >= 0.6 is 0 Å². The summed E-state index contributed by atoms with van der Waals surface area (Å²) in [5, 5.41) is 2.89. The van der Waals surface area contributed by atoms with E-state index in [9.17, 15) is 4.79 Å². The average Bonchev–Trinajstić information content (AvgIpc) is 2.69. The Hall–Kier alpha value is -3.03. The van der Waals surface area contributed by atoms with E-state index in [1.165, 1.54) is 0 Å². The molecular weight excluding hydrogens is 336 g/mol. The predicted molar refractivity (Wildman–Crippen MR) is 95.8 cm³/mol. The van der Waals surface area contributed by atoms with Gasteiger partial charge in [-0.15, -0.1) is 0 Å². The number of methoxy groups -OCH3 is 2. The maximum absolute atomic E-state index is 12.6. The fourth-order valence-electron chi connectivity index (χ4n) is 2.81. The molecule has 1 aromatic carbocycles. The summed E-state index contributed by atoms with van der Waals surface area (Å²) in [6.07, 6.45) is 4.84. The molecule has 2 heterocycles. The Morgan fingerprint density at radius 3 is 2.77 bits per heavy atom. The van der Waals surface area contributed by atoms with Gasteiger partial charge in [-0.1, -0.05) is 0 Å². The van der Waals surface area contributed by atoms with Crippen molar-refractivity contribution in [2.24, 2.45) is 0 Å². The van der Waals surface area contributed by atoms with Gasteiger partial charge in [0.1, 0.15) is 17.6 Å². The van der Waals surface area contributed by atoms with Gasteiger partial charge in [0, 0.05) is 25.0 Å². The van der Waals surface area contributed by atoms with E-state index in [1.54, 1.807) is 55.8 Å². The molecule has 3 rings (SSSR count). The summed E-state index contributed by atoms with van der Waals surface area (Å²) < 4.78 is 16.3. The molecule has 1 atom stereocenters. The molecule has 1 N–H and O–H groups in total. The minimum absolute atomic E-state index is 0.130. The lowest BCUT2D eigenvalue weighted by atomic mass is 10.1. The SMILES string of the molecule is COc1ccc(NC(=O)N2CCCC(Oc3ncccn3)C2)c(OC)c1. The molecule has 1 fully saturated rings. The molecule has 1 saturated heterocycles. The molecule has 1 aromatic heterocycles. The standard InChI is InChI=1S/C18H22N4O4/c1-24-13-6-7-15(16(11-13)25-2)21-18(23)22-10-3-5-14(12-22)26-17-19-8-4-9-20-17/h4,6-9,11,14H,3,5,10,12H2,1-2H3,(H,21,23). The molecule has 2 aromatic rings. The molecule has 1 unspecified atom stereocenters. The Morgan fingerprint density at radius 2 is 2.04 bits per heavy atom. The number of hydrogen-bond acceptors (Lipinski definition) is 6. The normalized spacial score (nSPS) is 16.7. The van der Waals surface area contributed by atoms with Crippen LogP contribution in [-0.2, 0) is 0 Å². The van der Waals surface area contributed by atoms with Crippen molar-refractivity contribution in [1.29, 1.82) is 0 Å². The molecule has 0 radical (unpaired) electrons. The second-order valence-electron chi connectivity index (χ2n) is 5.86. The van der Waals surface area contributed by atoms with Crippen molar-refractivity contribution in [3.63, 3.8) is 0 Å². The van der Waals surface area contributed by atoms with E-state index in [0.29, 0.717) is 36.3 Å². The summed E-state index contributed by atoms with van der Waals surface area (Å²) in [5.41, 5.74) is 0.590. The maximum atomic E-state index is 12.6. The van der Waals surface area contributed by atoms with Gasteiger partial charge in [-0.2, -0.15) is 0 Å². The zero-order valence-corrected chi connectivity index (χ0v) is 14.8. The Bertz CT molecular complexity index is 741. The van der Waals surface area contributed by atoms with Crippen molar-refractivity contribution < 1.29 is 19.0 Å². The van der Waals surface area contributed by atoms with Crippen LogP contribution in [0.4, 0.5) is 10.5 Å². The second-order valence-corrected chi connectivity index (χ2v) is 5.86. The number of likely N-dealkylation sites (tertiary alicyclic amines) is 1. The number of aromatic nitrogens is 2. The topological polar surface area (TPSA) is 85.8 Å². The lowest BCUT2D eigenvalue weighted by Gasteiger charge is -2.32. The highest BCUT2D eigenvalue weighted by atomic mass is 16.5. The molecule has 0 saturated carbocycles. The van der Waals surface area contributed by atoms with Gasteiger partial charge in [-0.3, -0.25) is 0 Å². The number of rotatable bonds is 5. The first-order chi connectivity index (χ1) is 12.7. The summed E-state index contributed by atoms with van der Waals surface area (Å²) in [5.74, 6) is 1.20. The lowest BCUT2D eigenvalue weighted by Crippen LogP contribution is -2.46. The lowest BCUT2D eigenvalue weighted by molar-refractivity contribution is 0.0983. The highest BCUT2D eigenvalue weighted by Gasteiger charge is 2.26. The number of carbonyl (C=O) groups excluding carboxylic acids is 1. The summed E-state index contributed by atoms with van der Waals surface area (Å²) in [6, 6.07) is 7.12. The first-order valence-electron chi connectivity index (χ1n) is 8.41. The van der Waals surface area contributed by atoms with Crippen LogP contribution in [0.5, 0.6) is 17.5 Å². The molecule has 138 valence electrons. The van der Waals surface area contributed by atoms with Crippen molar-refractivity contribution in [2.45, 2.75) is 18.9 Å². The quantitative estimate of drug-likeness (QED) is 0.884. The van der Waals surface area contributed by atoms with Gasteiger partial charge in [-0.05, 0) is 31.0 Å². The van der Waals surface area contributed by atoms with E-state index in [4.69, 9.17) is 14.2 Å². The van der Waals surface area contributed by atoms with Gasteiger partial charge in [0.2, 0.25) is 0 Å². The van der Waals surface area contributed by atoms with Crippen LogP contribution in [-0.4, -0.2) is 54.3 Å². The molecule has 1 aliphatic rings. The summed E-state index contributed by atoms with van der Waals surface area (Å²) in [4.78, 5) is 22.5. The third kappa shape index (κ3) is 4.33. The number of urea groups is 1. The van der Waals surface area contributed by atoms with Crippen LogP contribution in [0.25, 0.3) is 0 Å². The van der Waals surface area contributed by atoms with Crippen LogP contribution in [0.2, 0.25) is 0 Å². The van der Waals surface area contributed by atoms with E-state index in [0.717, 1.165) is 12.8 Å². The van der Waals surface area contributed by atoms with E-state index in [1.807, 2.05) is 0 Å². The van der Waals surface area contributed by atoms with Crippen LogP contribution in [0, 0.1) is 0 Å². The van der Waals surface area contributed by atoms with Crippen LogP contribution in [0.1, 0.15) is 12.8 Å². The van der Waals surface area contributed by atoms with E-state index < -0.39 is 0 Å². The Kier molecular flexibility index (Phi) is 5.73. The smallest absolute Gasteiger partial charge is 0.322 e. The second kappa shape index (κ2) is 8.37. The summed E-state index contributed by atoms with van der Waals surface area (Å²) in [7, 11) is 3.13. The van der Waals surface area contributed by atoms with Crippen molar-refractivity contribution in [1.82, 2.24) is 14.9 Å². The number of carbonyl (C=O) groups is 1. The van der Waals surface area contributed by atoms with E-state index in [2.05, 4.69) is 15.3 Å².